The molecule has 0 aliphatic rings. The van der Waals surface area contributed by atoms with E-state index in [2.05, 4.69) is 75.0 Å². The van der Waals surface area contributed by atoms with Gasteiger partial charge in [0, 0.05) is 75.9 Å². The SMILES string of the molecule is c1cncc(-c2ccc(-c3nc(-c4ccc(-c5c6ccccc6n6c5cnc5ccccc56)cc4)nc(-c4ccc(-c5cccnc5)nc4)n3)cn2)c1. The predicted molar refractivity (Wildman–Crippen MR) is 207 cm³/mol. The van der Waals surface area contributed by atoms with E-state index in [9.17, 15) is 0 Å². The fourth-order valence-corrected chi connectivity index (χ4v) is 6.81. The van der Waals surface area contributed by atoms with Crippen molar-refractivity contribution in [2.24, 2.45) is 0 Å². The Bertz CT molecular complexity index is 2810. The fourth-order valence-electron chi connectivity index (χ4n) is 6.81. The zero-order chi connectivity index (χ0) is 35.1. The van der Waals surface area contributed by atoms with Crippen LogP contribution in [-0.2, 0) is 0 Å². The van der Waals surface area contributed by atoms with Gasteiger partial charge in [0.2, 0.25) is 0 Å². The number of rotatable bonds is 6. The Morgan fingerprint density at radius 3 is 1.49 bits per heavy atom. The van der Waals surface area contributed by atoms with E-state index in [1.54, 1.807) is 37.2 Å². The van der Waals surface area contributed by atoms with E-state index in [-0.39, 0.29) is 0 Å². The highest BCUT2D eigenvalue weighted by Crippen LogP contribution is 2.38. The van der Waals surface area contributed by atoms with Crippen molar-refractivity contribution in [3.63, 3.8) is 0 Å². The molecule has 0 saturated heterocycles. The van der Waals surface area contributed by atoms with E-state index in [1.165, 1.54) is 0 Å². The summed E-state index contributed by atoms with van der Waals surface area (Å²) in [4.78, 5) is 37.6. The van der Waals surface area contributed by atoms with Crippen molar-refractivity contribution in [3.8, 4) is 67.8 Å². The van der Waals surface area contributed by atoms with Gasteiger partial charge < -0.3 is 4.40 Å². The molecule has 9 nitrogen and oxygen atoms in total. The van der Waals surface area contributed by atoms with Crippen LogP contribution in [0.2, 0.25) is 0 Å². The molecule has 0 saturated carbocycles. The maximum Gasteiger partial charge on any atom is 0.165 e. The van der Waals surface area contributed by atoms with Crippen molar-refractivity contribution in [2.75, 3.05) is 0 Å². The van der Waals surface area contributed by atoms with Gasteiger partial charge in [-0.05, 0) is 72.3 Å². The van der Waals surface area contributed by atoms with Crippen molar-refractivity contribution >= 4 is 27.5 Å². The minimum atomic E-state index is 0.512. The molecule has 0 aliphatic carbocycles. The summed E-state index contributed by atoms with van der Waals surface area (Å²) in [6.07, 6.45) is 12.6. The first-order chi connectivity index (χ1) is 26.3. The van der Waals surface area contributed by atoms with Gasteiger partial charge in [-0.2, -0.15) is 0 Å². The highest BCUT2D eigenvalue weighted by atomic mass is 15.0. The maximum absolute atomic E-state index is 4.98. The zero-order valence-corrected chi connectivity index (χ0v) is 28.1. The maximum atomic E-state index is 4.98. The third kappa shape index (κ3) is 5.44. The molecule has 0 spiro atoms. The molecule has 0 fully saturated rings. The van der Waals surface area contributed by atoms with Crippen molar-refractivity contribution in [1.29, 1.82) is 0 Å². The quantitative estimate of drug-likeness (QED) is 0.171. The van der Waals surface area contributed by atoms with Crippen LogP contribution in [0.5, 0.6) is 0 Å². The van der Waals surface area contributed by atoms with Crippen molar-refractivity contribution in [3.05, 3.63) is 165 Å². The van der Waals surface area contributed by atoms with E-state index in [1.807, 2.05) is 66.9 Å². The number of hydrogen-bond donors (Lipinski definition) is 0. The van der Waals surface area contributed by atoms with Crippen LogP contribution in [0.15, 0.2) is 165 Å². The summed E-state index contributed by atoms with van der Waals surface area (Å²) >= 11 is 0. The molecule has 0 N–H and O–H groups in total. The van der Waals surface area contributed by atoms with E-state index in [0.29, 0.717) is 17.5 Å². The average Bonchev–Trinajstić information content (AvgIpc) is 3.59. The third-order valence-electron chi connectivity index (χ3n) is 9.39. The molecule has 10 rings (SSSR count). The molecule has 0 aliphatic heterocycles. The standard InChI is InChI=1S/C44H27N9/c1-3-11-38-34(9-1)41(40-27-49-37-10-2-4-12-39(37)53(38)40)28-13-15-29(16-14-28)42-50-43(32-17-19-35(47-25-32)30-7-5-21-45-23-30)52-44(51-42)33-18-20-36(48-26-33)31-8-6-22-46-24-31/h1-27H. The molecule has 0 bridgehead atoms. The molecule has 0 atom stereocenters. The molecule has 3 aromatic carbocycles. The molecule has 53 heavy (non-hydrogen) atoms. The van der Waals surface area contributed by atoms with Crippen LogP contribution in [0.25, 0.3) is 95.3 Å². The molecule has 9 heteroatoms. The zero-order valence-electron chi connectivity index (χ0n) is 28.1. The number of benzene rings is 3. The second-order valence-corrected chi connectivity index (χ2v) is 12.6. The number of para-hydroxylation sites is 3. The second-order valence-electron chi connectivity index (χ2n) is 12.6. The van der Waals surface area contributed by atoms with Crippen molar-refractivity contribution in [1.82, 2.24) is 44.3 Å². The molecule has 7 aromatic heterocycles. The number of aromatic nitrogens is 9. The number of pyridine rings is 4. The highest BCUT2D eigenvalue weighted by molar-refractivity contribution is 6.08. The van der Waals surface area contributed by atoms with E-state index in [0.717, 1.165) is 77.8 Å². The highest BCUT2D eigenvalue weighted by Gasteiger charge is 2.18. The summed E-state index contributed by atoms with van der Waals surface area (Å²) in [5, 5.41) is 1.16. The van der Waals surface area contributed by atoms with Crippen LogP contribution in [-0.4, -0.2) is 44.3 Å². The van der Waals surface area contributed by atoms with Gasteiger partial charge in [0.05, 0.1) is 39.7 Å². The van der Waals surface area contributed by atoms with Crippen LogP contribution in [0.4, 0.5) is 0 Å². The first kappa shape index (κ1) is 30.3. The van der Waals surface area contributed by atoms with E-state index in [4.69, 9.17) is 29.9 Å². The Kier molecular flexibility index (Phi) is 7.25. The molecule has 0 radical (unpaired) electrons. The molecular formula is C44H27N9. The van der Waals surface area contributed by atoms with Gasteiger partial charge in [0.15, 0.2) is 17.5 Å². The Morgan fingerprint density at radius 1 is 0.358 bits per heavy atom. The number of hydrogen-bond acceptors (Lipinski definition) is 8. The molecule has 7 heterocycles. The Hall–Kier alpha value is -7.52. The summed E-state index contributed by atoms with van der Waals surface area (Å²) in [5.41, 5.74) is 12.3. The van der Waals surface area contributed by atoms with Gasteiger partial charge in [0.1, 0.15) is 0 Å². The van der Waals surface area contributed by atoms with Crippen LogP contribution in [0.1, 0.15) is 0 Å². The van der Waals surface area contributed by atoms with Crippen LogP contribution >= 0.6 is 0 Å². The van der Waals surface area contributed by atoms with Gasteiger partial charge in [-0.25, -0.2) is 15.0 Å². The minimum absolute atomic E-state index is 0.512. The fraction of sp³-hybridized carbons (Fsp3) is 0. The Balaban J connectivity index is 1.08. The van der Waals surface area contributed by atoms with Gasteiger partial charge in [0.25, 0.3) is 0 Å². The number of nitrogens with zero attached hydrogens (tertiary/aromatic N) is 9. The van der Waals surface area contributed by atoms with E-state index < -0.39 is 0 Å². The smallest absolute Gasteiger partial charge is 0.165 e. The Labute approximate surface area is 303 Å². The lowest BCUT2D eigenvalue weighted by Crippen LogP contribution is -2.01. The van der Waals surface area contributed by atoms with Crippen LogP contribution < -0.4 is 0 Å². The lowest BCUT2D eigenvalue weighted by atomic mass is 10.0. The largest absolute Gasteiger partial charge is 0.306 e. The first-order valence-electron chi connectivity index (χ1n) is 17.1. The van der Waals surface area contributed by atoms with Gasteiger partial charge in [-0.1, -0.05) is 54.6 Å². The Morgan fingerprint density at radius 2 is 0.906 bits per heavy atom. The van der Waals surface area contributed by atoms with Crippen LogP contribution in [0.3, 0.4) is 0 Å². The number of fused-ring (bicyclic) bond motifs is 5. The summed E-state index contributed by atoms with van der Waals surface area (Å²) < 4.78 is 2.30. The molecule has 248 valence electrons. The third-order valence-corrected chi connectivity index (χ3v) is 9.39. The summed E-state index contributed by atoms with van der Waals surface area (Å²) in [6.45, 7) is 0. The molecular weight excluding hydrogens is 655 g/mol. The second kappa shape index (κ2) is 12.7. The lowest BCUT2D eigenvalue weighted by Gasteiger charge is -2.10. The van der Waals surface area contributed by atoms with Crippen LogP contribution in [0, 0.1) is 0 Å². The van der Waals surface area contributed by atoms with Gasteiger partial charge >= 0.3 is 0 Å². The van der Waals surface area contributed by atoms with E-state index >= 15 is 0 Å². The lowest BCUT2D eigenvalue weighted by molar-refractivity contribution is 1.07. The average molecular weight is 682 g/mol. The summed E-state index contributed by atoms with van der Waals surface area (Å²) in [6, 6.07) is 40.8. The molecule has 0 unspecified atom stereocenters. The first-order valence-corrected chi connectivity index (χ1v) is 17.1. The molecule has 10 aromatic rings. The topological polar surface area (TPSA) is 108 Å². The summed E-state index contributed by atoms with van der Waals surface area (Å²) in [5.74, 6) is 1.57. The minimum Gasteiger partial charge on any atom is -0.306 e. The van der Waals surface area contributed by atoms with Gasteiger partial charge in [-0.3, -0.25) is 24.9 Å². The molecule has 0 amide bonds. The van der Waals surface area contributed by atoms with Crippen molar-refractivity contribution in [2.45, 2.75) is 0 Å². The summed E-state index contributed by atoms with van der Waals surface area (Å²) in [7, 11) is 0. The van der Waals surface area contributed by atoms with Crippen molar-refractivity contribution < 1.29 is 0 Å². The van der Waals surface area contributed by atoms with Gasteiger partial charge in [-0.15, -0.1) is 0 Å². The normalized spacial score (nSPS) is 11.4. The predicted octanol–water partition coefficient (Wildman–Crippen LogP) is 9.41. The monoisotopic (exact) mass is 681 g/mol.